The Kier molecular flexibility index (Phi) is 5.62. The molecule has 0 bridgehead atoms. The number of hydrogen-bond donors (Lipinski definition) is 2. The van der Waals surface area contributed by atoms with Gasteiger partial charge in [0.15, 0.2) is 0 Å². The lowest BCUT2D eigenvalue weighted by atomic mass is 10.0. The summed E-state index contributed by atoms with van der Waals surface area (Å²) in [6.45, 7) is 3.94. The summed E-state index contributed by atoms with van der Waals surface area (Å²) >= 11 is 1.15. The first-order valence-corrected chi connectivity index (χ1v) is 10.8. The number of aryl methyl sites for hydroxylation is 1. The van der Waals surface area contributed by atoms with Gasteiger partial charge in [-0.1, -0.05) is 30.3 Å². The number of hydrogen-bond acceptors (Lipinski definition) is 4. The van der Waals surface area contributed by atoms with Gasteiger partial charge in [0.1, 0.15) is 4.21 Å². The van der Waals surface area contributed by atoms with Gasteiger partial charge in [-0.15, -0.1) is 11.3 Å². The minimum atomic E-state index is -3.59. The van der Waals surface area contributed by atoms with Crippen LogP contribution in [-0.2, 0) is 10.0 Å². The quantitative estimate of drug-likeness (QED) is 0.646. The van der Waals surface area contributed by atoms with E-state index in [1.807, 2.05) is 38.1 Å². The lowest BCUT2D eigenvalue weighted by molar-refractivity contribution is 0.0940. The van der Waals surface area contributed by atoms with Gasteiger partial charge in [-0.2, -0.15) is 0 Å². The van der Waals surface area contributed by atoms with Crippen LogP contribution in [0.1, 0.15) is 34.5 Å². The van der Waals surface area contributed by atoms with Crippen molar-refractivity contribution >= 4 is 33.0 Å². The van der Waals surface area contributed by atoms with E-state index in [1.54, 1.807) is 41.8 Å². The highest BCUT2D eigenvalue weighted by molar-refractivity contribution is 7.94. The van der Waals surface area contributed by atoms with Crippen molar-refractivity contribution in [2.45, 2.75) is 24.1 Å². The number of amides is 1. The predicted octanol–water partition coefficient (Wildman–Crippen LogP) is 4.35. The Morgan fingerprint density at radius 2 is 1.70 bits per heavy atom. The molecule has 0 fully saturated rings. The summed E-state index contributed by atoms with van der Waals surface area (Å²) < 4.78 is 27.2. The minimum Gasteiger partial charge on any atom is -0.346 e. The van der Waals surface area contributed by atoms with E-state index in [2.05, 4.69) is 10.0 Å². The summed E-state index contributed by atoms with van der Waals surface area (Å²) in [4.78, 5) is 12.5. The summed E-state index contributed by atoms with van der Waals surface area (Å²) in [5.41, 5.74) is 3.05. The van der Waals surface area contributed by atoms with E-state index in [4.69, 9.17) is 0 Å². The van der Waals surface area contributed by atoms with E-state index in [0.29, 0.717) is 11.3 Å². The number of nitrogens with one attached hydrogen (secondary N) is 2. The van der Waals surface area contributed by atoms with Crippen LogP contribution in [-0.4, -0.2) is 14.3 Å². The fourth-order valence-corrected chi connectivity index (χ4v) is 4.79. The average Bonchev–Trinajstić information content (AvgIpc) is 3.18. The predicted molar refractivity (Wildman–Crippen MR) is 109 cm³/mol. The number of thiophene rings is 1. The highest BCUT2D eigenvalue weighted by Gasteiger charge is 2.16. The highest BCUT2D eigenvalue weighted by Crippen LogP contribution is 2.21. The molecule has 3 rings (SSSR count). The highest BCUT2D eigenvalue weighted by atomic mass is 32.2. The van der Waals surface area contributed by atoms with Crippen molar-refractivity contribution < 1.29 is 13.2 Å². The fourth-order valence-electron chi connectivity index (χ4n) is 2.74. The molecule has 0 aliphatic heterocycles. The first-order valence-electron chi connectivity index (χ1n) is 8.39. The fraction of sp³-hybridized carbons (Fsp3) is 0.150. The maximum absolute atomic E-state index is 12.5. The van der Waals surface area contributed by atoms with Crippen molar-refractivity contribution in [1.29, 1.82) is 0 Å². The maximum atomic E-state index is 12.5. The van der Waals surface area contributed by atoms with Gasteiger partial charge in [0.2, 0.25) is 0 Å². The third kappa shape index (κ3) is 4.56. The Bertz CT molecular complexity index is 1030. The normalized spacial score (nSPS) is 12.4. The second-order valence-corrected chi connectivity index (χ2v) is 9.02. The number of benzene rings is 2. The van der Waals surface area contributed by atoms with Gasteiger partial charge in [0, 0.05) is 11.3 Å². The maximum Gasteiger partial charge on any atom is 0.271 e. The van der Waals surface area contributed by atoms with Crippen LogP contribution < -0.4 is 10.0 Å². The molecule has 0 saturated carbocycles. The van der Waals surface area contributed by atoms with Crippen molar-refractivity contribution in [1.82, 2.24) is 5.32 Å². The first-order chi connectivity index (χ1) is 12.9. The van der Waals surface area contributed by atoms with E-state index >= 15 is 0 Å². The Morgan fingerprint density at radius 3 is 2.33 bits per heavy atom. The number of carbonyl (C=O) groups is 1. The molecule has 0 aliphatic rings. The van der Waals surface area contributed by atoms with Crippen LogP contribution in [0.15, 0.2) is 70.3 Å². The summed E-state index contributed by atoms with van der Waals surface area (Å²) in [5, 5.41) is 4.67. The van der Waals surface area contributed by atoms with Crippen LogP contribution >= 0.6 is 11.3 Å². The molecule has 0 spiro atoms. The molecule has 1 amide bonds. The Hall–Kier alpha value is -2.64. The van der Waals surface area contributed by atoms with Crippen LogP contribution in [0, 0.1) is 6.92 Å². The topological polar surface area (TPSA) is 75.3 Å². The minimum absolute atomic E-state index is 0.129. The van der Waals surface area contributed by atoms with Crippen LogP contribution in [0.5, 0.6) is 0 Å². The number of carbonyl (C=O) groups excluding carboxylic acids is 1. The second-order valence-electron chi connectivity index (χ2n) is 6.17. The van der Waals surface area contributed by atoms with Gasteiger partial charge in [0.25, 0.3) is 15.9 Å². The summed E-state index contributed by atoms with van der Waals surface area (Å²) in [6, 6.07) is 17.4. The van der Waals surface area contributed by atoms with Gasteiger partial charge in [-0.3, -0.25) is 9.52 Å². The van der Waals surface area contributed by atoms with Gasteiger partial charge in [0.05, 0.1) is 6.04 Å². The summed E-state index contributed by atoms with van der Waals surface area (Å²) in [5.74, 6) is -0.210. The van der Waals surface area contributed by atoms with Crippen molar-refractivity contribution in [3.8, 4) is 0 Å². The molecular formula is C20H20N2O3S2. The molecule has 2 aromatic carbocycles. The van der Waals surface area contributed by atoms with E-state index < -0.39 is 10.0 Å². The first kappa shape index (κ1) is 19.1. The van der Waals surface area contributed by atoms with Crippen LogP contribution in [0.3, 0.4) is 0 Å². The molecule has 1 aromatic heterocycles. The largest absolute Gasteiger partial charge is 0.346 e. The Balaban J connectivity index is 1.68. The van der Waals surface area contributed by atoms with Gasteiger partial charge < -0.3 is 5.32 Å². The molecule has 2 N–H and O–H groups in total. The van der Waals surface area contributed by atoms with Gasteiger partial charge in [-0.05, 0) is 60.7 Å². The molecular weight excluding hydrogens is 380 g/mol. The zero-order chi connectivity index (χ0) is 19.4. The van der Waals surface area contributed by atoms with E-state index in [1.165, 1.54) is 0 Å². The number of rotatable bonds is 6. The molecule has 140 valence electrons. The van der Waals surface area contributed by atoms with Crippen molar-refractivity contribution in [3.05, 3.63) is 82.7 Å². The lowest BCUT2D eigenvalue weighted by Crippen LogP contribution is -2.27. The molecule has 3 aromatic rings. The molecule has 27 heavy (non-hydrogen) atoms. The zero-order valence-electron chi connectivity index (χ0n) is 15.0. The molecule has 0 saturated heterocycles. The van der Waals surface area contributed by atoms with Crippen LogP contribution in [0.25, 0.3) is 0 Å². The van der Waals surface area contributed by atoms with E-state index in [9.17, 15) is 13.2 Å². The summed E-state index contributed by atoms with van der Waals surface area (Å²) in [6.07, 6.45) is 0. The van der Waals surface area contributed by atoms with Crippen LogP contribution in [0.2, 0.25) is 0 Å². The molecule has 0 aliphatic carbocycles. The van der Waals surface area contributed by atoms with Crippen molar-refractivity contribution in [2.24, 2.45) is 0 Å². The van der Waals surface area contributed by atoms with E-state index in [-0.39, 0.29) is 16.2 Å². The standard InChI is InChI=1S/C20H20N2O3S2/c1-14-6-3-4-7-18(14)15(2)21-20(23)16-9-11-17(12-10-16)22-27(24,25)19-8-5-13-26-19/h3-13,15,22H,1-2H3,(H,21,23)/t15-/m0/s1. The number of anilines is 1. The SMILES string of the molecule is Cc1ccccc1[C@H](C)NC(=O)c1ccc(NS(=O)(=O)c2cccs2)cc1. The van der Waals surface area contributed by atoms with Gasteiger partial charge >= 0.3 is 0 Å². The Labute approximate surface area is 163 Å². The van der Waals surface area contributed by atoms with E-state index in [0.717, 1.165) is 22.5 Å². The third-order valence-corrected chi connectivity index (χ3v) is 6.94. The third-order valence-electron chi connectivity index (χ3n) is 4.16. The number of sulfonamides is 1. The zero-order valence-corrected chi connectivity index (χ0v) is 16.6. The second kappa shape index (κ2) is 7.94. The van der Waals surface area contributed by atoms with Gasteiger partial charge in [-0.25, -0.2) is 8.42 Å². The molecule has 0 unspecified atom stereocenters. The van der Waals surface area contributed by atoms with Crippen molar-refractivity contribution in [2.75, 3.05) is 4.72 Å². The Morgan fingerprint density at radius 1 is 1.00 bits per heavy atom. The average molecular weight is 401 g/mol. The van der Waals surface area contributed by atoms with Crippen LogP contribution in [0.4, 0.5) is 5.69 Å². The summed E-state index contributed by atoms with van der Waals surface area (Å²) in [7, 11) is -3.59. The lowest BCUT2D eigenvalue weighted by Gasteiger charge is -2.16. The molecule has 5 nitrogen and oxygen atoms in total. The van der Waals surface area contributed by atoms with Crippen molar-refractivity contribution in [3.63, 3.8) is 0 Å². The molecule has 7 heteroatoms. The monoisotopic (exact) mass is 400 g/mol. The molecule has 0 radical (unpaired) electrons. The molecule has 1 heterocycles. The molecule has 1 atom stereocenters. The smallest absolute Gasteiger partial charge is 0.271 e.